The lowest BCUT2D eigenvalue weighted by Gasteiger charge is -2.39. The van der Waals surface area contributed by atoms with E-state index in [1.807, 2.05) is 0 Å². The van der Waals surface area contributed by atoms with E-state index in [9.17, 15) is 0 Å². The minimum Gasteiger partial charge on any atom is -0.0900 e. The molecule has 1 unspecified atom stereocenters. The molecule has 1 atom stereocenters. The van der Waals surface area contributed by atoms with Crippen LogP contribution in [0, 0.1) is 11.3 Å². The molecule has 3 aliphatic rings. The molecule has 0 amide bonds. The third-order valence-corrected chi connectivity index (χ3v) is 10.0. The molecule has 1 heterocycles. The Hall–Kier alpha value is -0.430. The Balaban J connectivity index is 1.68. The molecule has 0 nitrogen and oxygen atoms in total. The van der Waals surface area contributed by atoms with Crippen LogP contribution in [0.25, 0.3) is 0 Å². The summed E-state index contributed by atoms with van der Waals surface area (Å²) in [6.07, 6.45) is 18.7. The van der Waals surface area contributed by atoms with E-state index in [2.05, 4.69) is 45.6 Å². The van der Waals surface area contributed by atoms with E-state index in [1.165, 1.54) is 74.0 Å². The van der Waals surface area contributed by atoms with Crippen molar-refractivity contribution in [2.24, 2.45) is 11.3 Å². The second-order valence-electron chi connectivity index (χ2n) is 8.63. The van der Waals surface area contributed by atoms with Crippen molar-refractivity contribution in [3.8, 4) is 0 Å². The Labute approximate surface area is 146 Å². The first-order valence-corrected chi connectivity index (χ1v) is 11.3. The van der Waals surface area contributed by atoms with Gasteiger partial charge in [-0.15, -0.1) is 0 Å². The Bertz CT molecular complexity index is 498. The molecule has 0 bridgehead atoms. The molecule has 0 aromatic carbocycles. The molecule has 1 saturated heterocycles. The highest BCUT2D eigenvalue weighted by Gasteiger charge is 2.44. The second kappa shape index (κ2) is 6.82. The molecule has 0 spiro atoms. The normalized spacial score (nSPS) is 30.5. The summed E-state index contributed by atoms with van der Waals surface area (Å²) in [5.74, 6) is 3.73. The van der Waals surface area contributed by atoms with Crippen molar-refractivity contribution in [3.63, 3.8) is 0 Å². The molecular formula is C22H35S+. The average molecular weight is 332 g/mol. The van der Waals surface area contributed by atoms with Gasteiger partial charge in [0.15, 0.2) is 0 Å². The van der Waals surface area contributed by atoms with Crippen molar-refractivity contribution in [2.75, 3.05) is 11.5 Å². The summed E-state index contributed by atoms with van der Waals surface area (Å²) in [5, 5.41) is 0. The Kier molecular flexibility index (Phi) is 5.16. The van der Waals surface area contributed by atoms with Gasteiger partial charge >= 0.3 is 0 Å². The van der Waals surface area contributed by atoms with E-state index < -0.39 is 0 Å². The highest BCUT2D eigenvalue weighted by Crippen LogP contribution is 2.46. The fraction of sp³-hybridized carbons (Fsp3) is 0.727. The Morgan fingerprint density at radius 3 is 2.35 bits per heavy atom. The zero-order chi connectivity index (χ0) is 16.5. The second-order valence-corrected chi connectivity index (χ2v) is 11.5. The van der Waals surface area contributed by atoms with E-state index in [4.69, 9.17) is 0 Å². The summed E-state index contributed by atoms with van der Waals surface area (Å²) in [6.45, 7) is 11.9. The summed E-state index contributed by atoms with van der Waals surface area (Å²) in [5.41, 5.74) is 3.22. The van der Waals surface area contributed by atoms with E-state index in [-0.39, 0.29) is 4.75 Å². The number of hydrogen-bond acceptors (Lipinski definition) is 0. The van der Waals surface area contributed by atoms with Crippen LogP contribution in [-0.2, 0) is 10.9 Å². The molecule has 128 valence electrons. The van der Waals surface area contributed by atoms with E-state index >= 15 is 0 Å². The average Bonchev–Trinajstić information content (AvgIpc) is 3.11. The van der Waals surface area contributed by atoms with Gasteiger partial charge in [-0.3, -0.25) is 0 Å². The molecule has 1 heteroatoms. The maximum Gasteiger partial charge on any atom is 0.147 e. The third kappa shape index (κ3) is 3.50. The minimum absolute atomic E-state index is 0.283. The molecule has 1 aliphatic heterocycles. The molecule has 0 N–H and O–H groups in total. The van der Waals surface area contributed by atoms with Crippen molar-refractivity contribution >= 4 is 10.9 Å². The molecule has 23 heavy (non-hydrogen) atoms. The van der Waals surface area contributed by atoms with Gasteiger partial charge < -0.3 is 0 Å². The van der Waals surface area contributed by atoms with Crippen molar-refractivity contribution in [1.29, 1.82) is 0 Å². The predicted octanol–water partition coefficient (Wildman–Crippen LogP) is 6.21. The molecule has 1 saturated carbocycles. The number of hydrogen-bond donors (Lipinski definition) is 0. The van der Waals surface area contributed by atoms with Crippen LogP contribution in [0.1, 0.15) is 72.1 Å². The van der Waals surface area contributed by atoms with Crippen LogP contribution in [0.15, 0.2) is 36.0 Å². The highest BCUT2D eigenvalue weighted by molar-refractivity contribution is 7.98. The van der Waals surface area contributed by atoms with E-state index in [0.717, 1.165) is 5.92 Å². The van der Waals surface area contributed by atoms with Crippen LogP contribution in [0.2, 0.25) is 0 Å². The van der Waals surface area contributed by atoms with Crippen LogP contribution in [0.4, 0.5) is 0 Å². The first-order chi connectivity index (χ1) is 10.9. The van der Waals surface area contributed by atoms with Crippen molar-refractivity contribution in [3.05, 3.63) is 36.0 Å². The largest absolute Gasteiger partial charge is 0.147 e. The quantitative estimate of drug-likeness (QED) is 0.537. The third-order valence-electron chi connectivity index (χ3n) is 6.77. The maximum absolute atomic E-state index is 4.54. The van der Waals surface area contributed by atoms with Gasteiger partial charge in [0.1, 0.15) is 16.3 Å². The first-order valence-electron chi connectivity index (χ1n) is 9.70. The fourth-order valence-corrected chi connectivity index (χ4v) is 7.52. The van der Waals surface area contributed by atoms with Gasteiger partial charge in [0, 0.05) is 5.57 Å². The minimum atomic E-state index is 0.283. The smallest absolute Gasteiger partial charge is 0.0900 e. The molecular weight excluding hydrogens is 296 g/mol. The van der Waals surface area contributed by atoms with Gasteiger partial charge in [-0.2, -0.15) is 0 Å². The fourth-order valence-electron chi connectivity index (χ4n) is 4.72. The number of rotatable bonds is 4. The SMILES string of the molecule is C=C(C1=CCC(C)(C2CCCCC2)C=C1)C(C)(C)[S+]1CCCC1. The van der Waals surface area contributed by atoms with Gasteiger partial charge in [0.25, 0.3) is 0 Å². The van der Waals surface area contributed by atoms with Gasteiger partial charge in [-0.05, 0) is 73.8 Å². The Morgan fingerprint density at radius 2 is 1.78 bits per heavy atom. The van der Waals surface area contributed by atoms with Crippen molar-refractivity contribution in [1.82, 2.24) is 0 Å². The molecule has 0 aromatic heterocycles. The predicted molar refractivity (Wildman–Crippen MR) is 106 cm³/mol. The summed E-state index contributed by atoms with van der Waals surface area (Å²) in [7, 11) is 0.533. The molecule has 0 radical (unpaired) electrons. The summed E-state index contributed by atoms with van der Waals surface area (Å²) in [6, 6.07) is 0. The van der Waals surface area contributed by atoms with Gasteiger partial charge in [0.2, 0.25) is 0 Å². The maximum atomic E-state index is 4.54. The summed E-state index contributed by atoms with van der Waals surface area (Å²) >= 11 is 0. The topological polar surface area (TPSA) is 0 Å². The molecule has 2 aliphatic carbocycles. The van der Waals surface area contributed by atoms with Gasteiger partial charge in [0.05, 0.1) is 0 Å². The lowest BCUT2D eigenvalue weighted by molar-refractivity contribution is 0.190. The van der Waals surface area contributed by atoms with Gasteiger partial charge in [-0.1, -0.05) is 51.0 Å². The monoisotopic (exact) mass is 331 g/mol. The van der Waals surface area contributed by atoms with Gasteiger partial charge in [-0.25, -0.2) is 0 Å². The van der Waals surface area contributed by atoms with Crippen molar-refractivity contribution in [2.45, 2.75) is 76.9 Å². The molecule has 3 rings (SSSR count). The summed E-state index contributed by atoms with van der Waals surface area (Å²) < 4.78 is 0.283. The van der Waals surface area contributed by atoms with Crippen LogP contribution in [-0.4, -0.2) is 16.3 Å². The number of allylic oxidation sites excluding steroid dienone is 4. The summed E-state index contributed by atoms with van der Waals surface area (Å²) in [4.78, 5) is 0. The Morgan fingerprint density at radius 1 is 1.13 bits per heavy atom. The standard InChI is InChI=1S/C22H35S/c1-18(21(2,3)23-16-8-9-17-23)19-12-14-22(4,15-13-19)20-10-6-5-7-11-20/h12-14,20H,1,5-11,15-17H2,2-4H3/q+1. The zero-order valence-electron chi connectivity index (χ0n) is 15.5. The highest BCUT2D eigenvalue weighted by atomic mass is 32.2. The lowest BCUT2D eigenvalue weighted by atomic mass is 9.66. The lowest BCUT2D eigenvalue weighted by Crippen LogP contribution is -2.36. The first kappa shape index (κ1) is 17.4. The van der Waals surface area contributed by atoms with Crippen LogP contribution in [0.3, 0.4) is 0 Å². The van der Waals surface area contributed by atoms with Crippen LogP contribution in [0.5, 0.6) is 0 Å². The molecule has 0 aromatic rings. The molecule has 2 fully saturated rings. The zero-order valence-corrected chi connectivity index (χ0v) is 16.3. The van der Waals surface area contributed by atoms with E-state index in [0.29, 0.717) is 16.3 Å². The van der Waals surface area contributed by atoms with Crippen molar-refractivity contribution < 1.29 is 0 Å². The van der Waals surface area contributed by atoms with Crippen LogP contribution < -0.4 is 0 Å². The van der Waals surface area contributed by atoms with Crippen LogP contribution >= 0.6 is 0 Å². The van der Waals surface area contributed by atoms with E-state index in [1.54, 1.807) is 0 Å².